The van der Waals surface area contributed by atoms with Gasteiger partial charge in [0.2, 0.25) is 0 Å². The Morgan fingerprint density at radius 1 is 1.00 bits per heavy atom. The number of benzene rings is 2. The highest BCUT2D eigenvalue weighted by Gasteiger charge is 2.25. The Morgan fingerprint density at radius 3 is 2.48 bits per heavy atom. The van der Waals surface area contributed by atoms with Gasteiger partial charge in [-0.25, -0.2) is 0 Å². The van der Waals surface area contributed by atoms with Crippen molar-refractivity contribution in [1.29, 1.82) is 0 Å². The molecular formula is C24H33N. The minimum Gasteiger partial charge on any atom is -0.370 e. The molecule has 1 aliphatic heterocycles. The van der Waals surface area contributed by atoms with Crippen molar-refractivity contribution in [3.63, 3.8) is 0 Å². The molecular weight excluding hydrogens is 302 g/mol. The summed E-state index contributed by atoms with van der Waals surface area (Å²) in [4.78, 5) is 2.36. The van der Waals surface area contributed by atoms with Crippen molar-refractivity contribution in [3.05, 3.63) is 53.1 Å². The van der Waals surface area contributed by atoms with Gasteiger partial charge in [-0.1, -0.05) is 82.3 Å². The Labute approximate surface area is 154 Å². The summed E-state index contributed by atoms with van der Waals surface area (Å²) in [5, 5.41) is 0. The van der Waals surface area contributed by atoms with Gasteiger partial charge in [0, 0.05) is 24.8 Å². The van der Waals surface area contributed by atoms with Crippen molar-refractivity contribution in [1.82, 2.24) is 0 Å². The summed E-state index contributed by atoms with van der Waals surface area (Å²) in [5.41, 5.74) is 8.74. The van der Waals surface area contributed by atoms with E-state index in [9.17, 15) is 0 Å². The molecule has 2 aliphatic rings. The second kappa shape index (κ2) is 8.08. The molecule has 4 rings (SSSR count). The molecule has 2 aromatic rings. The van der Waals surface area contributed by atoms with Crippen molar-refractivity contribution in [2.45, 2.75) is 65.8 Å². The van der Waals surface area contributed by atoms with Crippen LogP contribution >= 0.6 is 0 Å². The number of hydrogen-bond donors (Lipinski definition) is 0. The molecule has 1 fully saturated rings. The van der Waals surface area contributed by atoms with Crippen LogP contribution < -0.4 is 4.90 Å². The van der Waals surface area contributed by atoms with Gasteiger partial charge in [-0.2, -0.15) is 0 Å². The van der Waals surface area contributed by atoms with Crippen LogP contribution in [-0.2, 0) is 13.0 Å². The second-order valence-electron chi connectivity index (χ2n) is 7.52. The van der Waals surface area contributed by atoms with Gasteiger partial charge in [0.05, 0.1) is 0 Å². The van der Waals surface area contributed by atoms with E-state index >= 15 is 0 Å². The average molecular weight is 336 g/mol. The molecule has 25 heavy (non-hydrogen) atoms. The van der Waals surface area contributed by atoms with E-state index < -0.39 is 0 Å². The van der Waals surface area contributed by atoms with Crippen LogP contribution in [0.15, 0.2) is 36.4 Å². The van der Waals surface area contributed by atoms with E-state index in [1.54, 1.807) is 0 Å². The Bertz CT molecular complexity index is 710. The molecule has 1 heterocycles. The summed E-state index contributed by atoms with van der Waals surface area (Å²) in [5.74, 6) is 0.908. The highest BCUT2D eigenvalue weighted by molar-refractivity contribution is 5.81. The first kappa shape index (κ1) is 18.0. The van der Waals surface area contributed by atoms with Crippen LogP contribution in [0.1, 0.15) is 62.6 Å². The molecule has 0 N–H and O–H groups in total. The zero-order chi connectivity index (χ0) is 17.8. The lowest BCUT2D eigenvalue weighted by atomic mass is 9.84. The maximum absolute atomic E-state index is 2.44. The van der Waals surface area contributed by atoms with Gasteiger partial charge in [0.25, 0.3) is 0 Å². The van der Waals surface area contributed by atoms with Crippen molar-refractivity contribution < 1.29 is 0 Å². The summed E-state index contributed by atoms with van der Waals surface area (Å²) in [6.45, 7) is 7.30. The van der Waals surface area contributed by atoms with Crippen LogP contribution in [-0.4, -0.2) is 7.05 Å². The van der Waals surface area contributed by atoms with Gasteiger partial charge < -0.3 is 4.90 Å². The average Bonchev–Trinajstić information content (AvgIpc) is 2.63. The molecule has 1 aliphatic carbocycles. The molecule has 1 nitrogen and oxygen atoms in total. The van der Waals surface area contributed by atoms with Crippen molar-refractivity contribution >= 4 is 5.69 Å². The van der Waals surface area contributed by atoms with Crippen LogP contribution in [0, 0.1) is 12.8 Å². The van der Waals surface area contributed by atoms with E-state index in [-0.39, 0.29) is 0 Å². The molecule has 134 valence electrons. The molecule has 0 spiro atoms. The smallest absolute Gasteiger partial charge is 0.0453 e. The standard InChI is InChI=1S/C22H27N.C2H6/c1-16-11-12-20(21-15-23(2)22(16)21)19-10-6-9-18(14-19)13-17-7-4-3-5-8-17;1-2/h6,9-12,14,17H,3-5,7-8,13,15H2,1-2H3;1-2H3. The zero-order valence-electron chi connectivity index (χ0n) is 16.4. The van der Waals surface area contributed by atoms with Crippen molar-refractivity contribution in [3.8, 4) is 11.1 Å². The lowest BCUT2D eigenvalue weighted by molar-refractivity contribution is 0.357. The quantitative estimate of drug-likeness (QED) is 0.599. The zero-order valence-corrected chi connectivity index (χ0v) is 16.4. The van der Waals surface area contributed by atoms with Crippen LogP contribution in [0.4, 0.5) is 5.69 Å². The monoisotopic (exact) mass is 335 g/mol. The molecule has 0 atom stereocenters. The van der Waals surface area contributed by atoms with Crippen LogP contribution in [0.2, 0.25) is 0 Å². The molecule has 0 aromatic heterocycles. The first-order valence-electron chi connectivity index (χ1n) is 10.2. The van der Waals surface area contributed by atoms with E-state index in [0.717, 1.165) is 12.5 Å². The van der Waals surface area contributed by atoms with E-state index in [1.165, 1.54) is 72.0 Å². The number of rotatable bonds is 3. The third-order valence-electron chi connectivity index (χ3n) is 5.75. The van der Waals surface area contributed by atoms with Gasteiger partial charge in [-0.3, -0.25) is 0 Å². The van der Waals surface area contributed by atoms with Gasteiger partial charge >= 0.3 is 0 Å². The largest absolute Gasteiger partial charge is 0.370 e. The fourth-order valence-electron chi connectivity index (χ4n) is 4.53. The molecule has 0 unspecified atom stereocenters. The number of fused-ring (bicyclic) bond motifs is 1. The van der Waals surface area contributed by atoms with Crippen LogP contribution in [0.25, 0.3) is 11.1 Å². The fourth-order valence-corrected chi connectivity index (χ4v) is 4.53. The van der Waals surface area contributed by atoms with Crippen molar-refractivity contribution in [2.24, 2.45) is 5.92 Å². The van der Waals surface area contributed by atoms with Crippen LogP contribution in [0.3, 0.4) is 0 Å². The maximum Gasteiger partial charge on any atom is 0.0453 e. The molecule has 0 amide bonds. The Hall–Kier alpha value is -1.76. The maximum atomic E-state index is 2.44. The summed E-state index contributed by atoms with van der Waals surface area (Å²) in [7, 11) is 2.19. The van der Waals surface area contributed by atoms with Gasteiger partial charge in [-0.05, 0) is 41.5 Å². The summed E-state index contributed by atoms with van der Waals surface area (Å²) >= 11 is 0. The predicted molar refractivity (Wildman–Crippen MR) is 110 cm³/mol. The van der Waals surface area contributed by atoms with E-state index in [0.29, 0.717) is 0 Å². The lowest BCUT2D eigenvalue weighted by Crippen LogP contribution is -2.29. The molecule has 1 saturated carbocycles. The normalized spacial score (nSPS) is 16.6. The van der Waals surface area contributed by atoms with E-state index in [4.69, 9.17) is 0 Å². The predicted octanol–water partition coefficient (Wildman–Crippen LogP) is 6.76. The topological polar surface area (TPSA) is 3.24 Å². The third-order valence-corrected chi connectivity index (χ3v) is 5.75. The third kappa shape index (κ3) is 3.76. The molecule has 0 radical (unpaired) electrons. The minimum absolute atomic E-state index is 0.908. The Kier molecular flexibility index (Phi) is 5.83. The highest BCUT2D eigenvalue weighted by Crippen LogP contribution is 2.41. The van der Waals surface area contributed by atoms with Crippen molar-refractivity contribution in [2.75, 3.05) is 11.9 Å². The number of nitrogens with zero attached hydrogens (tertiary/aromatic N) is 1. The first-order valence-corrected chi connectivity index (χ1v) is 10.2. The van der Waals surface area contributed by atoms with E-state index in [2.05, 4.69) is 55.3 Å². The summed E-state index contributed by atoms with van der Waals surface area (Å²) < 4.78 is 0. The number of aryl methyl sites for hydroxylation is 1. The highest BCUT2D eigenvalue weighted by atomic mass is 15.2. The van der Waals surface area contributed by atoms with Gasteiger partial charge in [0.15, 0.2) is 0 Å². The molecule has 0 saturated heterocycles. The minimum atomic E-state index is 0.908. The van der Waals surface area contributed by atoms with Crippen LogP contribution in [0.5, 0.6) is 0 Å². The fraction of sp³-hybridized carbons (Fsp3) is 0.500. The van der Waals surface area contributed by atoms with Gasteiger partial charge in [0.1, 0.15) is 0 Å². The SMILES string of the molecule is CC.Cc1ccc(-c2cccc(CC3CCCCC3)c2)c2c1N(C)C2. The van der Waals surface area contributed by atoms with Gasteiger partial charge in [-0.15, -0.1) is 0 Å². The number of anilines is 1. The molecule has 2 aromatic carbocycles. The summed E-state index contributed by atoms with van der Waals surface area (Å²) in [6.07, 6.45) is 8.43. The summed E-state index contributed by atoms with van der Waals surface area (Å²) in [6, 6.07) is 13.9. The molecule has 1 heteroatoms. The molecule has 0 bridgehead atoms. The van der Waals surface area contributed by atoms with E-state index in [1.807, 2.05) is 13.8 Å². The lowest BCUT2D eigenvalue weighted by Gasteiger charge is -2.36. The number of hydrogen-bond acceptors (Lipinski definition) is 1. The second-order valence-corrected chi connectivity index (χ2v) is 7.52. The Balaban J connectivity index is 0.000000880. The Morgan fingerprint density at radius 2 is 1.76 bits per heavy atom. The first-order chi connectivity index (χ1) is 12.2.